The lowest BCUT2D eigenvalue weighted by atomic mass is 10.0. The fourth-order valence-electron chi connectivity index (χ4n) is 3.87. The van der Waals surface area contributed by atoms with Crippen LogP contribution in [0.15, 0.2) is 48.5 Å². The summed E-state index contributed by atoms with van der Waals surface area (Å²) in [5.74, 6) is 0.570. The van der Waals surface area contributed by atoms with Crippen molar-refractivity contribution in [2.75, 3.05) is 26.2 Å². The van der Waals surface area contributed by atoms with E-state index in [-0.39, 0.29) is 24.4 Å². The van der Waals surface area contributed by atoms with Gasteiger partial charge in [0, 0.05) is 6.54 Å². The van der Waals surface area contributed by atoms with Crippen LogP contribution in [0.25, 0.3) is 0 Å². The average Bonchev–Trinajstić information content (AvgIpc) is 2.99. The standard InChI is InChI=1S/C24H32N2O2.ClH/c1-3-28-23-11-7-6-10-21(23)24(27)25-18-22(20-14-12-19(2)13-15-20)26-16-8-4-5-9-17-26;/h6-7,10-15,22H,3-5,8-9,16-18H2,1-2H3,(H,25,27);1H. The Morgan fingerprint density at radius 2 is 1.69 bits per heavy atom. The maximum atomic E-state index is 12.9. The number of rotatable bonds is 7. The first kappa shape index (κ1) is 23.2. The predicted molar refractivity (Wildman–Crippen MR) is 121 cm³/mol. The number of ether oxygens (including phenoxy) is 1. The lowest BCUT2D eigenvalue weighted by Gasteiger charge is -2.31. The van der Waals surface area contributed by atoms with Crippen LogP contribution in [-0.4, -0.2) is 37.0 Å². The molecular formula is C24H33ClN2O2. The van der Waals surface area contributed by atoms with Crippen LogP contribution in [0, 0.1) is 6.92 Å². The van der Waals surface area contributed by atoms with Gasteiger partial charge in [-0.3, -0.25) is 9.69 Å². The molecule has 0 radical (unpaired) electrons. The topological polar surface area (TPSA) is 41.6 Å². The van der Waals surface area contributed by atoms with E-state index in [4.69, 9.17) is 4.74 Å². The lowest BCUT2D eigenvalue weighted by Crippen LogP contribution is -2.38. The first-order valence-electron chi connectivity index (χ1n) is 10.5. The number of nitrogens with zero attached hydrogens (tertiary/aromatic N) is 1. The number of amides is 1. The van der Waals surface area contributed by atoms with Crippen molar-refractivity contribution in [1.29, 1.82) is 0 Å². The van der Waals surface area contributed by atoms with Crippen LogP contribution in [0.1, 0.15) is 60.1 Å². The first-order chi connectivity index (χ1) is 13.7. The molecular weight excluding hydrogens is 384 g/mol. The molecule has 0 saturated carbocycles. The molecule has 29 heavy (non-hydrogen) atoms. The van der Waals surface area contributed by atoms with Crippen molar-refractivity contribution >= 4 is 18.3 Å². The third-order valence-corrected chi connectivity index (χ3v) is 5.43. The molecule has 0 aliphatic carbocycles. The number of nitrogens with one attached hydrogen (secondary N) is 1. The summed E-state index contributed by atoms with van der Waals surface area (Å²) in [5, 5.41) is 3.17. The van der Waals surface area contributed by atoms with E-state index in [9.17, 15) is 4.79 Å². The molecule has 3 rings (SSSR count). The summed E-state index contributed by atoms with van der Waals surface area (Å²) in [5.41, 5.74) is 3.13. The molecule has 158 valence electrons. The van der Waals surface area contributed by atoms with Gasteiger partial charge >= 0.3 is 0 Å². The van der Waals surface area contributed by atoms with Crippen molar-refractivity contribution in [3.63, 3.8) is 0 Å². The zero-order chi connectivity index (χ0) is 19.8. The Kier molecular flexibility index (Phi) is 9.49. The molecule has 2 aromatic carbocycles. The Morgan fingerprint density at radius 3 is 2.34 bits per heavy atom. The Balaban J connectivity index is 0.00000300. The fraction of sp³-hybridized carbons (Fsp3) is 0.458. The Morgan fingerprint density at radius 1 is 1.03 bits per heavy atom. The number of halogens is 1. The molecule has 1 amide bonds. The van der Waals surface area contributed by atoms with Gasteiger partial charge in [-0.2, -0.15) is 0 Å². The van der Waals surface area contributed by atoms with Crippen LogP contribution in [0.2, 0.25) is 0 Å². The van der Waals surface area contributed by atoms with Crippen molar-refractivity contribution in [2.45, 2.75) is 45.6 Å². The van der Waals surface area contributed by atoms with E-state index < -0.39 is 0 Å². The monoisotopic (exact) mass is 416 g/mol. The molecule has 1 atom stereocenters. The van der Waals surface area contributed by atoms with Crippen molar-refractivity contribution in [3.8, 4) is 5.75 Å². The van der Waals surface area contributed by atoms with Gasteiger partial charge in [0.1, 0.15) is 5.75 Å². The summed E-state index contributed by atoms with van der Waals surface area (Å²) < 4.78 is 5.62. The Hall–Kier alpha value is -2.04. The minimum Gasteiger partial charge on any atom is -0.493 e. The molecule has 1 unspecified atom stereocenters. The van der Waals surface area contributed by atoms with Crippen LogP contribution in [0.5, 0.6) is 5.75 Å². The first-order valence-corrected chi connectivity index (χ1v) is 10.5. The molecule has 4 nitrogen and oxygen atoms in total. The second-order valence-electron chi connectivity index (χ2n) is 7.52. The summed E-state index contributed by atoms with van der Waals surface area (Å²) in [6.45, 7) is 7.36. The number of benzene rings is 2. The van der Waals surface area contributed by atoms with Crippen molar-refractivity contribution < 1.29 is 9.53 Å². The SMILES string of the molecule is CCOc1ccccc1C(=O)NCC(c1ccc(C)cc1)N1CCCCCC1.Cl. The van der Waals surface area contributed by atoms with Crippen molar-refractivity contribution in [2.24, 2.45) is 0 Å². The minimum absolute atomic E-state index is 0. The molecule has 1 aliphatic rings. The number of carbonyl (C=O) groups excluding carboxylic acids is 1. The zero-order valence-electron chi connectivity index (χ0n) is 17.5. The van der Waals surface area contributed by atoms with Gasteiger partial charge in [0.25, 0.3) is 5.91 Å². The number of para-hydroxylation sites is 1. The highest BCUT2D eigenvalue weighted by Crippen LogP contribution is 2.25. The maximum Gasteiger partial charge on any atom is 0.255 e. The van der Waals surface area contributed by atoms with Crippen LogP contribution in [-0.2, 0) is 0 Å². The van der Waals surface area contributed by atoms with Crippen LogP contribution in [0.3, 0.4) is 0 Å². The van der Waals surface area contributed by atoms with E-state index in [0.717, 1.165) is 13.1 Å². The summed E-state index contributed by atoms with van der Waals surface area (Å²) >= 11 is 0. The highest BCUT2D eigenvalue weighted by Gasteiger charge is 2.23. The second kappa shape index (κ2) is 11.8. The smallest absolute Gasteiger partial charge is 0.255 e. The number of carbonyl (C=O) groups is 1. The van der Waals surface area contributed by atoms with Gasteiger partial charge in [-0.15, -0.1) is 12.4 Å². The van der Waals surface area contributed by atoms with E-state index in [1.807, 2.05) is 31.2 Å². The van der Waals surface area contributed by atoms with Crippen molar-refractivity contribution in [1.82, 2.24) is 10.2 Å². The summed E-state index contributed by atoms with van der Waals surface area (Å²) in [4.78, 5) is 15.4. The van der Waals surface area contributed by atoms with Gasteiger partial charge in [-0.05, 0) is 57.5 Å². The zero-order valence-corrected chi connectivity index (χ0v) is 18.3. The molecule has 0 bridgehead atoms. The largest absolute Gasteiger partial charge is 0.493 e. The van der Waals surface area contributed by atoms with Crippen LogP contribution in [0.4, 0.5) is 0 Å². The minimum atomic E-state index is -0.0732. The third-order valence-electron chi connectivity index (χ3n) is 5.43. The van der Waals surface area contributed by atoms with Crippen LogP contribution >= 0.6 is 12.4 Å². The highest BCUT2D eigenvalue weighted by molar-refractivity contribution is 5.96. The van der Waals surface area contributed by atoms with Gasteiger partial charge < -0.3 is 10.1 Å². The maximum absolute atomic E-state index is 12.9. The summed E-state index contributed by atoms with van der Waals surface area (Å²) in [6, 6.07) is 16.4. The van der Waals surface area contributed by atoms with E-state index >= 15 is 0 Å². The van der Waals surface area contributed by atoms with Crippen LogP contribution < -0.4 is 10.1 Å². The van der Waals surface area contributed by atoms with E-state index in [1.54, 1.807) is 0 Å². The lowest BCUT2D eigenvalue weighted by molar-refractivity contribution is 0.0929. The molecule has 0 spiro atoms. The predicted octanol–water partition coefficient (Wildman–Crippen LogP) is 5.16. The van der Waals surface area contributed by atoms with Gasteiger partial charge in [-0.1, -0.05) is 54.8 Å². The molecule has 5 heteroatoms. The number of aryl methyl sites for hydroxylation is 1. The molecule has 1 saturated heterocycles. The van der Waals surface area contributed by atoms with Crippen molar-refractivity contribution in [3.05, 3.63) is 65.2 Å². The van der Waals surface area contributed by atoms with E-state index in [1.165, 1.54) is 36.8 Å². The molecule has 1 N–H and O–H groups in total. The van der Waals surface area contributed by atoms with E-state index in [0.29, 0.717) is 24.5 Å². The summed E-state index contributed by atoms with van der Waals surface area (Å²) in [6.07, 6.45) is 5.05. The normalized spacial score (nSPS) is 15.7. The van der Waals surface area contributed by atoms with Gasteiger partial charge in [0.15, 0.2) is 0 Å². The van der Waals surface area contributed by atoms with Gasteiger partial charge in [0.2, 0.25) is 0 Å². The number of hydrogen-bond acceptors (Lipinski definition) is 3. The second-order valence-corrected chi connectivity index (χ2v) is 7.52. The fourth-order valence-corrected chi connectivity index (χ4v) is 3.87. The number of hydrogen-bond donors (Lipinski definition) is 1. The average molecular weight is 417 g/mol. The molecule has 1 fully saturated rings. The quantitative estimate of drug-likeness (QED) is 0.677. The highest BCUT2D eigenvalue weighted by atomic mass is 35.5. The van der Waals surface area contributed by atoms with E-state index in [2.05, 4.69) is 41.4 Å². The Bertz CT molecular complexity index is 756. The van der Waals surface area contributed by atoms with Gasteiger partial charge in [0.05, 0.1) is 18.2 Å². The Labute approximate surface area is 181 Å². The number of likely N-dealkylation sites (tertiary alicyclic amines) is 1. The molecule has 2 aromatic rings. The molecule has 1 heterocycles. The third kappa shape index (κ3) is 6.48. The molecule has 1 aliphatic heterocycles. The van der Waals surface area contributed by atoms with Gasteiger partial charge in [-0.25, -0.2) is 0 Å². The molecule has 0 aromatic heterocycles. The summed E-state index contributed by atoms with van der Waals surface area (Å²) in [7, 11) is 0.